The average Bonchev–Trinajstić information content (AvgIpc) is 2.82. The first-order valence-electron chi connectivity index (χ1n) is 6.13. The van der Waals surface area contributed by atoms with E-state index in [4.69, 9.17) is 11.6 Å². The largest absolute Gasteiger partial charge is 0.288 e. The second-order valence-electron chi connectivity index (χ2n) is 4.28. The molecule has 2 heterocycles. The minimum Gasteiger partial charge on any atom is -0.288 e. The van der Waals surface area contributed by atoms with Gasteiger partial charge in [0, 0.05) is 11.1 Å². The Bertz CT molecular complexity index is 773. The molecule has 0 bridgehead atoms. The van der Waals surface area contributed by atoms with Crippen molar-refractivity contribution in [3.05, 3.63) is 69.7 Å². The molecule has 0 radical (unpaired) electrons. The Morgan fingerprint density at radius 1 is 1.15 bits per heavy atom. The van der Waals surface area contributed by atoms with Gasteiger partial charge >= 0.3 is 0 Å². The van der Waals surface area contributed by atoms with Gasteiger partial charge in [-0.05, 0) is 31.2 Å². The highest BCUT2D eigenvalue weighted by Gasteiger charge is 2.04. The maximum absolute atomic E-state index is 5.84. The zero-order valence-corrected chi connectivity index (χ0v) is 12.4. The minimum absolute atomic E-state index is 0.490. The van der Waals surface area contributed by atoms with Crippen LogP contribution in [0.5, 0.6) is 0 Å². The van der Waals surface area contributed by atoms with Gasteiger partial charge in [0.2, 0.25) is 0 Å². The molecule has 2 aromatic heterocycles. The molecule has 0 saturated carbocycles. The van der Waals surface area contributed by atoms with Crippen molar-refractivity contribution in [3.63, 3.8) is 0 Å². The molecule has 3 nitrogen and oxygen atoms in total. The second kappa shape index (κ2) is 5.61. The molecule has 0 aliphatic rings. The number of nitrogens with zero attached hydrogens (tertiary/aromatic N) is 3. The van der Waals surface area contributed by atoms with E-state index in [1.165, 1.54) is 0 Å². The van der Waals surface area contributed by atoms with Gasteiger partial charge in [-0.25, -0.2) is 9.98 Å². The molecule has 1 aromatic carbocycles. The van der Waals surface area contributed by atoms with Crippen molar-refractivity contribution in [1.29, 1.82) is 0 Å². The molecule has 3 rings (SSSR count). The summed E-state index contributed by atoms with van der Waals surface area (Å²) < 4.78 is 2.07. The Balaban J connectivity index is 2.15. The lowest BCUT2D eigenvalue weighted by molar-refractivity contribution is 0.945. The van der Waals surface area contributed by atoms with Crippen LogP contribution in [0.25, 0.3) is 5.69 Å². The number of aromatic nitrogens is 2. The van der Waals surface area contributed by atoms with E-state index in [1.54, 1.807) is 23.6 Å². The molecule has 0 N–H and O–H groups in total. The van der Waals surface area contributed by atoms with Crippen LogP contribution < -0.4 is 4.80 Å². The Labute approximate surface area is 125 Å². The van der Waals surface area contributed by atoms with Crippen LogP contribution in [0.3, 0.4) is 0 Å². The van der Waals surface area contributed by atoms with Crippen molar-refractivity contribution < 1.29 is 0 Å². The van der Waals surface area contributed by atoms with Crippen LogP contribution in [0.2, 0.25) is 5.15 Å². The monoisotopic (exact) mass is 301 g/mol. The summed E-state index contributed by atoms with van der Waals surface area (Å²) in [6, 6.07) is 13.6. The van der Waals surface area contributed by atoms with E-state index >= 15 is 0 Å². The molecular weight excluding hydrogens is 290 g/mol. The van der Waals surface area contributed by atoms with Gasteiger partial charge in [-0.15, -0.1) is 11.3 Å². The third-order valence-corrected chi connectivity index (χ3v) is 4.00. The lowest BCUT2D eigenvalue weighted by Crippen LogP contribution is -2.13. The molecular formula is C15H12ClN3S. The van der Waals surface area contributed by atoms with E-state index in [9.17, 15) is 0 Å². The lowest BCUT2D eigenvalue weighted by Gasteiger charge is -2.05. The molecule has 0 aliphatic carbocycles. The summed E-state index contributed by atoms with van der Waals surface area (Å²) in [6.45, 7) is 2.05. The number of aryl methyl sites for hydroxylation is 1. The van der Waals surface area contributed by atoms with Crippen LogP contribution in [-0.4, -0.2) is 9.55 Å². The minimum atomic E-state index is 0.490. The van der Waals surface area contributed by atoms with Gasteiger partial charge in [0.15, 0.2) is 4.80 Å². The first-order chi connectivity index (χ1) is 9.74. The SMILES string of the molecule is Cc1csc(=Nc2ccccc2)n1-c1ccc(Cl)nc1. The highest BCUT2D eigenvalue weighted by atomic mass is 35.5. The molecule has 0 atom stereocenters. The number of halogens is 1. The van der Waals surface area contributed by atoms with Gasteiger partial charge in [0.1, 0.15) is 5.15 Å². The Morgan fingerprint density at radius 2 is 1.95 bits per heavy atom. The molecule has 100 valence electrons. The maximum Gasteiger partial charge on any atom is 0.194 e. The Morgan fingerprint density at radius 3 is 2.65 bits per heavy atom. The summed E-state index contributed by atoms with van der Waals surface area (Å²) in [5.74, 6) is 0. The van der Waals surface area contributed by atoms with Crippen molar-refractivity contribution in [2.24, 2.45) is 4.99 Å². The van der Waals surface area contributed by atoms with Gasteiger partial charge in [-0.2, -0.15) is 0 Å². The first kappa shape index (κ1) is 13.1. The van der Waals surface area contributed by atoms with Gasteiger partial charge in [-0.3, -0.25) is 4.57 Å². The van der Waals surface area contributed by atoms with Gasteiger partial charge in [0.25, 0.3) is 0 Å². The predicted octanol–water partition coefficient (Wildman–Crippen LogP) is 4.13. The summed E-state index contributed by atoms with van der Waals surface area (Å²) in [7, 11) is 0. The maximum atomic E-state index is 5.84. The number of thiazole rings is 1. The third kappa shape index (κ3) is 2.66. The molecule has 0 saturated heterocycles. The molecule has 0 amide bonds. The standard InChI is InChI=1S/C15H12ClN3S/c1-11-10-20-15(18-12-5-3-2-4-6-12)19(11)13-7-8-14(16)17-9-13/h2-10H,1H3. The van der Waals surface area contributed by atoms with Crippen molar-refractivity contribution in [1.82, 2.24) is 9.55 Å². The number of hydrogen-bond acceptors (Lipinski definition) is 3. The Hall–Kier alpha value is -1.91. The fraction of sp³-hybridized carbons (Fsp3) is 0.0667. The van der Waals surface area contributed by atoms with Crippen LogP contribution in [0.1, 0.15) is 5.69 Å². The van der Waals surface area contributed by atoms with Crippen molar-refractivity contribution in [2.45, 2.75) is 6.92 Å². The molecule has 0 spiro atoms. The molecule has 0 aliphatic heterocycles. The summed E-state index contributed by atoms with van der Waals surface area (Å²) in [4.78, 5) is 9.73. The quantitative estimate of drug-likeness (QED) is 0.655. The van der Waals surface area contributed by atoms with Crippen LogP contribution in [0.4, 0.5) is 5.69 Å². The van der Waals surface area contributed by atoms with Crippen molar-refractivity contribution in [3.8, 4) is 5.69 Å². The summed E-state index contributed by atoms with van der Waals surface area (Å²) in [5.41, 5.74) is 3.02. The number of rotatable bonds is 2. The average molecular weight is 302 g/mol. The van der Waals surface area contributed by atoms with E-state index in [0.717, 1.165) is 21.9 Å². The van der Waals surface area contributed by atoms with Crippen molar-refractivity contribution in [2.75, 3.05) is 0 Å². The molecule has 5 heteroatoms. The number of benzene rings is 1. The first-order valence-corrected chi connectivity index (χ1v) is 7.38. The number of hydrogen-bond donors (Lipinski definition) is 0. The molecule has 0 unspecified atom stereocenters. The van der Waals surface area contributed by atoms with E-state index in [2.05, 4.69) is 26.8 Å². The van der Waals surface area contributed by atoms with Crippen LogP contribution in [0, 0.1) is 6.92 Å². The predicted molar refractivity (Wildman–Crippen MR) is 82.9 cm³/mol. The third-order valence-electron chi connectivity index (χ3n) is 2.83. The zero-order chi connectivity index (χ0) is 13.9. The zero-order valence-electron chi connectivity index (χ0n) is 10.8. The Kier molecular flexibility index (Phi) is 3.67. The van der Waals surface area contributed by atoms with Gasteiger partial charge in [0.05, 0.1) is 17.6 Å². The summed E-state index contributed by atoms with van der Waals surface area (Å²) in [5, 5.41) is 2.57. The smallest absolute Gasteiger partial charge is 0.194 e. The highest BCUT2D eigenvalue weighted by Crippen LogP contribution is 2.14. The van der Waals surface area contributed by atoms with E-state index in [0.29, 0.717) is 5.15 Å². The van der Waals surface area contributed by atoms with E-state index in [-0.39, 0.29) is 0 Å². The topological polar surface area (TPSA) is 30.2 Å². The van der Waals surface area contributed by atoms with E-state index < -0.39 is 0 Å². The normalized spacial score (nSPS) is 11.8. The fourth-order valence-corrected chi connectivity index (χ4v) is 2.90. The van der Waals surface area contributed by atoms with E-state index in [1.807, 2.05) is 36.4 Å². The van der Waals surface area contributed by atoms with Crippen LogP contribution in [0.15, 0.2) is 59.0 Å². The van der Waals surface area contributed by atoms with Crippen LogP contribution >= 0.6 is 22.9 Å². The fourth-order valence-electron chi connectivity index (χ4n) is 1.90. The second-order valence-corrected chi connectivity index (χ2v) is 5.51. The lowest BCUT2D eigenvalue weighted by atomic mass is 10.3. The van der Waals surface area contributed by atoms with Gasteiger partial charge < -0.3 is 0 Å². The molecule has 0 fully saturated rings. The summed E-state index contributed by atoms with van der Waals surface area (Å²) in [6.07, 6.45) is 1.76. The summed E-state index contributed by atoms with van der Waals surface area (Å²) >= 11 is 7.45. The molecule has 20 heavy (non-hydrogen) atoms. The van der Waals surface area contributed by atoms with Crippen molar-refractivity contribution >= 4 is 28.6 Å². The van der Waals surface area contributed by atoms with Crippen LogP contribution in [-0.2, 0) is 0 Å². The van der Waals surface area contributed by atoms with Gasteiger partial charge in [-0.1, -0.05) is 29.8 Å². The molecule has 3 aromatic rings. The number of para-hydroxylation sites is 1. The highest BCUT2D eigenvalue weighted by molar-refractivity contribution is 7.07. The number of pyridine rings is 1.